The number of carbonyl (C=O) groups excluding carboxylic acids is 3. The summed E-state index contributed by atoms with van der Waals surface area (Å²) in [6.45, 7) is 7.19. The van der Waals surface area contributed by atoms with Gasteiger partial charge in [-0.15, -0.1) is 6.58 Å². The summed E-state index contributed by atoms with van der Waals surface area (Å²) in [6.07, 6.45) is 1.30. The highest BCUT2D eigenvalue weighted by Crippen LogP contribution is 2.28. The number of nitrogens with zero attached hydrogens (tertiary/aromatic N) is 3. The van der Waals surface area contributed by atoms with Gasteiger partial charge in [-0.1, -0.05) is 29.3 Å². The molecule has 11 heteroatoms. The average Bonchev–Trinajstić information content (AvgIpc) is 2.91. The quantitative estimate of drug-likeness (QED) is 0.241. The van der Waals surface area contributed by atoms with Crippen molar-refractivity contribution in [1.29, 1.82) is 0 Å². The Labute approximate surface area is 177 Å². The van der Waals surface area contributed by atoms with Crippen molar-refractivity contribution < 1.29 is 19.1 Å². The van der Waals surface area contributed by atoms with Crippen molar-refractivity contribution >= 4 is 58.7 Å². The standard InChI is InChI=1S/C18H19Cl2N5O4/c1-4-5-8-29-18(28)24-16(21-10(2)3)23-17-22-14(26)15(27)25(17)11-6-7-12(19)13(20)9-11/h4,6-7,9-10H,1,5,8H2,2-3H3,(H2,21,22,23,24,26,28). The van der Waals surface area contributed by atoms with Crippen molar-refractivity contribution in [2.75, 3.05) is 11.5 Å². The number of carbonyl (C=O) groups is 3. The first-order valence-corrected chi connectivity index (χ1v) is 9.30. The van der Waals surface area contributed by atoms with E-state index in [-0.39, 0.29) is 40.3 Å². The van der Waals surface area contributed by atoms with Crippen LogP contribution in [0.5, 0.6) is 0 Å². The second kappa shape index (κ2) is 10.0. The molecule has 29 heavy (non-hydrogen) atoms. The first kappa shape index (κ1) is 22.4. The van der Waals surface area contributed by atoms with Gasteiger partial charge in [0.1, 0.15) is 0 Å². The van der Waals surface area contributed by atoms with Crippen LogP contribution in [0.4, 0.5) is 10.5 Å². The smallest absolute Gasteiger partial charge is 0.414 e. The van der Waals surface area contributed by atoms with Crippen LogP contribution in [0.25, 0.3) is 0 Å². The van der Waals surface area contributed by atoms with Gasteiger partial charge < -0.3 is 4.74 Å². The molecule has 2 rings (SSSR count). The summed E-state index contributed by atoms with van der Waals surface area (Å²) >= 11 is 11.9. The summed E-state index contributed by atoms with van der Waals surface area (Å²) in [5.74, 6) is -2.06. The first-order valence-electron chi connectivity index (χ1n) is 8.54. The highest BCUT2D eigenvalue weighted by Gasteiger charge is 2.37. The van der Waals surface area contributed by atoms with Gasteiger partial charge in [-0.3, -0.25) is 20.2 Å². The Morgan fingerprint density at radius 3 is 2.69 bits per heavy atom. The fourth-order valence-corrected chi connectivity index (χ4v) is 2.44. The lowest BCUT2D eigenvalue weighted by Crippen LogP contribution is -2.37. The SMILES string of the molecule is C=CCCOC(=O)NC(=NC(C)C)N=C1NC(=O)C(=O)N1c1ccc(Cl)c(Cl)c1. The molecule has 9 nitrogen and oxygen atoms in total. The lowest BCUT2D eigenvalue weighted by Gasteiger charge is -2.16. The van der Waals surface area contributed by atoms with Crippen molar-refractivity contribution in [3.05, 3.63) is 40.9 Å². The maximum absolute atomic E-state index is 12.3. The van der Waals surface area contributed by atoms with Crippen LogP contribution in [-0.4, -0.2) is 42.5 Å². The third kappa shape index (κ3) is 6.03. The number of guanidine groups is 2. The molecule has 0 radical (unpaired) electrons. The molecule has 0 unspecified atom stereocenters. The molecule has 2 N–H and O–H groups in total. The van der Waals surface area contributed by atoms with E-state index in [2.05, 4.69) is 27.2 Å². The number of anilines is 1. The molecule has 3 amide bonds. The number of rotatable bonds is 5. The van der Waals surface area contributed by atoms with E-state index in [0.29, 0.717) is 6.42 Å². The largest absolute Gasteiger partial charge is 0.449 e. The van der Waals surface area contributed by atoms with Gasteiger partial charge in [-0.2, -0.15) is 4.99 Å². The molecule has 1 aromatic carbocycles. The van der Waals surface area contributed by atoms with Gasteiger partial charge in [0.05, 0.1) is 22.3 Å². The monoisotopic (exact) mass is 439 g/mol. The van der Waals surface area contributed by atoms with Crippen LogP contribution in [0.3, 0.4) is 0 Å². The van der Waals surface area contributed by atoms with Crippen LogP contribution in [0.2, 0.25) is 10.0 Å². The van der Waals surface area contributed by atoms with Gasteiger partial charge in [0.25, 0.3) is 0 Å². The van der Waals surface area contributed by atoms with E-state index in [1.54, 1.807) is 19.9 Å². The topological polar surface area (TPSA) is 112 Å². The lowest BCUT2D eigenvalue weighted by molar-refractivity contribution is -0.134. The number of halogens is 2. The number of hydrogen-bond donors (Lipinski definition) is 2. The van der Waals surface area contributed by atoms with Gasteiger partial charge in [0.15, 0.2) is 0 Å². The molecular formula is C18H19Cl2N5O4. The molecule has 154 valence electrons. The molecule has 0 aliphatic carbocycles. The molecule has 1 fully saturated rings. The second-order valence-corrected chi connectivity index (χ2v) is 6.83. The van der Waals surface area contributed by atoms with E-state index in [0.717, 1.165) is 4.90 Å². The fourth-order valence-electron chi connectivity index (χ4n) is 2.15. The van der Waals surface area contributed by atoms with Crippen LogP contribution in [-0.2, 0) is 14.3 Å². The Kier molecular flexibility index (Phi) is 7.74. The van der Waals surface area contributed by atoms with E-state index in [1.165, 1.54) is 18.2 Å². The molecule has 0 aromatic heterocycles. The molecule has 1 saturated heterocycles. The minimum atomic E-state index is -0.896. The zero-order valence-corrected chi connectivity index (χ0v) is 17.3. The average molecular weight is 440 g/mol. The zero-order chi connectivity index (χ0) is 21.6. The minimum absolute atomic E-state index is 0.130. The van der Waals surface area contributed by atoms with Crippen LogP contribution < -0.4 is 15.5 Å². The number of benzene rings is 1. The molecule has 1 aliphatic rings. The second-order valence-electron chi connectivity index (χ2n) is 6.01. The van der Waals surface area contributed by atoms with Crippen LogP contribution in [0.15, 0.2) is 40.8 Å². The Hall–Kier alpha value is -2.91. The van der Waals surface area contributed by atoms with Crippen molar-refractivity contribution in [3.63, 3.8) is 0 Å². The summed E-state index contributed by atoms with van der Waals surface area (Å²) in [5.41, 5.74) is 0.263. The molecule has 1 aromatic rings. The maximum atomic E-state index is 12.3. The Morgan fingerprint density at radius 1 is 1.34 bits per heavy atom. The van der Waals surface area contributed by atoms with E-state index in [4.69, 9.17) is 27.9 Å². The Morgan fingerprint density at radius 2 is 2.07 bits per heavy atom. The number of hydrogen-bond acceptors (Lipinski definition) is 5. The molecular weight excluding hydrogens is 421 g/mol. The predicted molar refractivity (Wildman–Crippen MR) is 111 cm³/mol. The highest BCUT2D eigenvalue weighted by atomic mass is 35.5. The van der Waals surface area contributed by atoms with E-state index in [1.807, 2.05) is 0 Å². The summed E-state index contributed by atoms with van der Waals surface area (Å²) in [4.78, 5) is 45.5. The van der Waals surface area contributed by atoms with Crippen molar-refractivity contribution in [2.24, 2.45) is 9.98 Å². The number of amides is 3. The molecule has 0 atom stereocenters. The van der Waals surface area contributed by atoms with Gasteiger partial charge in [0.2, 0.25) is 11.9 Å². The van der Waals surface area contributed by atoms with Crippen LogP contribution in [0, 0.1) is 0 Å². The fraction of sp³-hybridized carbons (Fsp3) is 0.278. The third-order valence-electron chi connectivity index (χ3n) is 3.36. The summed E-state index contributed by atoms with van der Waals surface area (Å²) in [5, 5.41) is 5.20. The summed E-state index contributed by atoms with van der Waals surface area (Å²) in [6, 6.07) is 4.14. The minimum Gasteiger partial charge on any atom is -0.449 e. The molecule has 1 aliphatic heterocycles. The molecule has 0 bridgehead atoms. The van der Waals surface area contributed by atoms with Gasteiger partial charge in [0, 0.05) is 6.04 Å². The first-order chi connectivity index (χ1) is 13.7. The Bertz CT molecular complexity index is 898. The number of aliphatic imine (C=N–C) groups is 2. The zero-order valence-electron chi connectivity index (χ0n) is 15.7. The third-order valence-corrected chi connectivity index (χ3v) is 4.10. The normalized spacial score (nSPS) is 15.7. The van der Waals surface area contributed by atoms with Crippen LogP contribution >= 0.6 is 23.2 Å². The van der Waals surface area contributed by atoms with Crippen molar-refractivity contribution in [3.8, 4) is 0 Å². The molecule has 0 saturated carbocycles. The van der Waals surface area contributed by atoms with Gasteiger partial charge >= 0.3 is 17.9 Å². The number of nitrogens with one attached hydrogen (secondary N) is 2. The van der Waals surface area contributed by atoms with Crippen molar-refractivity contribution in [2.45, 2.75) is 26.3 Å². The van der Waals surface area contributed by atoms with Gasteiger partial charge in [-0.25, -0.2) is 14.7 Å². The Balaban J connectivity index is 2.35. The molecule has 0 spiro atoms. The van der Waals surface area contributed by atoms with E-state index < -0.39 is 17.9 Å². The van der Waals surface area contributed by atoms with Gasteiger partial charge in [-0.05, 0) is 38.5 Å². The maximum Gasteiger partial charge on any atom is 0.414 e. The molecule has 1 heterocycles. The van der Waals surface area contributed by atoms with Crippen LogP contribution in [0.1, 0.15) is 20.3 Å². The van der Waals surface area contributed by atoms with E-state index >= 15 is 0 Å². The lowest BCUT2D eigenvalue weighted by atomic mass is 10.3. The summed E-state index contributed by atoms with van der Waals surface area (Å²) in [7, 11) is 0. The van der Waals surface area contributed by atoms with E-state index in [9.17, 15) is 14.4 Å². The highest BCUT2D eigenvalue weighted by molar-refractivity contribution is 6.54. The number of alkyl carbamates (subject to hydrolysis) is 1. The van der Waals surface area contributed by atoms with Crippen molar-refractivity contribution in [1.82, 2.24) is 10.6 Å². The predicted octanol–water partition coefficient (Wildman–Crippen LogP) is 2.88. The summed E-state index contributed by atoms with van der Waals surface area (Å²) < 4.78 is 4.97. The number of ether oxygens (including phenoxy) is 1.